The van der Waals surface area contributed by atoms with Gasteiger partial charge in [0.1, 0.15) is 9.71 Å². The normalized spacial score (nSPS) is 17.3. The standard InChI is InChI=1S/C27H25N5O2S/c1-16-9-10-18(17-6-3-2-4-7-17)14-21(16)32-20-11-13-29-26-22(20)23(31-27(32)34)24(35-26)25(33)30-19-8-5-12-28-15-19/h2-4,6-7,9-11,13-14,19,28H,5,8,12,15H2,1H3,(H,30,33)(H,31,34). The van der Waals surface area contributed by atoms with Gasteiger partial charge in [0.15, 0.2) is 0 Å². The van der Waals surface area contributed by atoms with Crippen molar-refractivity contribution in [3.05, 3.63) is 71.2 Å². The summed E-state index contributed by atoms with van der Waals surface area (Å²) in [6.45, 7) is 3.73. The molecule has 1 atom stereocenters. The summed E-state index contributed by atoms with van der Waals surface area (Å²) in [5, 5.41) is 10.2. The summed E-state index contributed by atoms with van der Waals surface area (Å²) in [5.41, 5.74) is 5.17. The Morgan fingerprint density at radius 1 is 1.11 bits per heavy atom. The number of aromatic nitrogens is 1. The summed E-state index contributed by atoms with van der Waals surface area (Å²) in [6.07, 6.45) is 3.68. The predicted molar refractivity (Wildman–Crippen MR) is 141 cm³/mol. The number of hydrogen-bond acceptors (Lipinski definition) is 5. The zero-order chi connectivity index (χ0) is 23.9. The Hall–Kier alpha value is -3.75. The number of carbonyl (C=O) groups excluding carboxylic acids is 2. The second-order valence-corrected chi connectivity index (χ2v) is 9.97. The van der Waals surface area contributed by atoms with Crippen LogP contribution in [0.2, 0.25) is 0 Å². The molecule has 1 fully saturated rings. The summed E-state index contributed by atoms with van der Waals surface area (Å²) >= 11 is 1.32. The van der Waals surface area contributed by atoms with Gasteiger partial charge in [-0.15, -0.1) is 11.3 Å². The summed E-state index contributed by atoms with van der Waals surface area (Å²) in [6, 6.07) is 17.9. The van der Waals surface area contributed by atoms with Crippen LogP contribution in [0.3, 0.4) is 0 Å². The highest BCUT2D eigenvalue weighted by atomic mass is 32.1. The molecule has 2 aliphatic rings. The average Bonchev–Trinajstić information content (AvgIpc) is 3.26. The molecule has 8 heteroatoms. The fourth-order valence-corrected chi connectivity index (χ4v) is 5.89. The van der Waals surface area contributed by atoms with Crippen molar-refractivity contribution in [3.8, 4) is 11.1 Å². The summed E-state index contributed by atoms with van der Waals surface area (Å²) in [5.74, 6) is -0.168. The highest BCUT2D eigenvalue weighted by Gasteiger charge is 2.33. The van der Waals surface area contributed by atoms with Crippen molar-refractivity contribution in [2.24, 2.45) is 0 Å². The number of nitrogens with one attached hydrogen (secondary N) is 3. The molecule has 0 aliphatic carbocycles. The zero-order valence-electron chi connectivity index (χ0n) is 19.3. The molecule has 2 aromatic heterocycles. The number of pyridine rings is 1. The van der Waals surface area contributed by atoms with Crippen LogP contribution in [0.25, 0.3) is 21.3 Å². The summed E-state index contributed by atoms with van der Waals surface area (Å²) < 4.78 is 0. The number of piperidine rings is 1. The van der Waals surface area contributed by atoms with Crippen molar-refractivity contribution in [2.75, 3.05) is 23.3 Å². The molecule has 0 saturated carbocycles. The molecule has 3 N–H and O–H groups in total. The Labute approximate surface area is 207 Å². The first-order chi connectivity index (χ1) is 17.1. The van der Waals surface area contributed by atoms with Gasteiger partial charge in [0.25, 0.3) is 5.91 Å². The highest BCUT2D eigenvalue weighted by Crippen LogP contribution is 2.46. The van der Waals surface area contributed by atoms with Crippen LogP contribution in [-0.4, -0.2) is 36.1 Å². The monoisotopic (exact) mass is 483 g/mol. The van der Waals surface area contributed by atoms with Gasteiger partial charge in [0.05, 0.1) is 22.4 Å². The molecule has 0 radical (unpaired) electrons. The van der Waals surface area contributed by atoms with Crippen LogP contribution >= 0.6 is 11.3 Å². The molecule has 1 saturated heterocycles. The highest BCUT2D eigenvalue weighted by molar-refractivity contribution is 7.21. The van der Waals surface area contributed by atoms with Crippen LogP contribution in [0.15, 0.2) is 60.8 Å². The molecule has 176 valence electrons. The topological polar surface area (TPSA) is 86.4 Å². The van der Waals surface area contributed by atoms with E-state index in [-0.39, 0.29) is 18.0 Å². The van der Waals surface area contributed by atoms with E-state index in [1.165, 1.54) is 11.3 Å². The molecule has 3 amide bonds. The predicted octanol–water partition coefficient (Wildman–Crippen LogP) is 5.44. The number of anilines is 3. The largest absolute Gasteiger partial charge is 0.347 e. The molecule has 2 aromatic carbocycles. The van der Waals surface area contributed by atoms with E-state index in [1.54, 1.807) is 11.1 Å². The van der Waals surface area contributed by atoms with Crippen molar-refractivity contribution in [1.82, 2.24) is 15.6 Å². The smallest absolute Gasteiger partial charge is 0.331 e. The number of amides is 3. The van der Waals surface area contributed by atoms with Crippen LogP contribution in [0.4, 0.5) is 21.9 Å². The van der Waals surface area contributed by atoms with Gasteiger partial charge in [0.2, 0.25) is 0 Å². The first kappa shape index (κ1) is 21.8. The molecule has 6 rings (SSSR count). The van der Waals surface area contributed by atoms with E-state index in [0.29, 0.717) is 10.6 Å². The fraction of sp³-hybridized carbons (Fsp3) is 0.222. The molecule has 4 aromatic rings. The van der Waals surface area contributed by atoms with E-state index in [0.717, 1.165) is 64.2 Å². The lowest BCUT2D eigenvalue weighted by Gasteiger charge is -2.30. The van der Waals surface area contributed by atoms with E-state index in [4.69, 9.17) is 0 Å². The van der Waals surface area contributed by atoms with Gasteiger partial charge < -0.3 is 16.0 Å². The minimum absolute atomic E-state index is 0.0836. The number of carbonyl (C=O) groups is 2. The van der Waals surface area contributed by atoms with Crippen molar-refractivity contribution < 1.29 is 9.59 Å². The van der Waals surface area contributed by atoms with E-state index in [2.05, 4.69) is 39.1 Å². The Morgan fingerprint density at radius 3 is 2.77 bits per heavy atom. The van der Waals surface area contributed by atoms with Gasteiger partial charge in [-0.05, 0) is 55.1 Å². The summed E-state index contributed by atoms with van der Waals surface area (Å²) in [4.78, 5) is 34.1. The first-order valence-electron chi connectivity index (χ1n) is 11.8. The van der Waals surface area contributed by atoms with Gasteiger partial charge >= 0.3 is 6.03 Å². The van der Waals surface area contributed by atoms with Crippen LogP contribution in [-0.2, 0) is 0 Å². The van der Waals surface area contributed by atoms with Crippen molar-refractivity contribution in [3.63, 3.8) is 0 Å². The third-order valence-corrected chi connectivity index (χ3v) is 7.74. The minimum atomic E-state index is -0.287. The van der Waals surface area contributed by atoms with E-state index < -0.39 is 0 Å². The Morgan fingerprint density at radius 2 is 1.97 bits per heavy atom. The number of aryl methyl sites for hydroxylation is 1. The second kappa shape index (κ2) is 8.79. The van der Waals surface area contributed by atoms with Crippen LogP contribution in [0.5, 0.6) is 0 Å². The van der Waals surface area contributed by atoms with Gasteiger partial charge in [-0.2, -0.15) is 0 Å². The Bertz CT molecular complexity index is 1440. The third-order valence-electron chi connectivity index (χ3n) is 6.64. The van der Waals surface area contributed by atoms with Crippen molar-refractivity contribution in [1.29, 1.82) is 0 Å². The quantitative estimate of drug-likeness (QED) is 0.361. The number of hydrogen-bond donors (Lipinski definition) is 3. The lowest BCUT2D eigenvalue weighted by molar-refractivity contribution is 0.0935. The van der Waals surface area contributed by atoms with Crippen LogP contribution in [0.1, 0.15) is 28.1 Å². The van der Waals surface area contributed by atoms with Crippen LogP contribution in [0, 0.1) is 6.92 Å². The molecular formula is C27H25N5O2S. The maximum absolute atomic E-state index is 13.5. The number of thiophene rings is 1. The molecule has 1 unspecified atom stereocenters. The molecule has 7 nitrogen and oxygen atoms in total. The van der Waals surface area contributed by atoms with Crippen molar-refractivity contribution in [2.45, 2.75) is 25.8 Å². The number of rotatable bonds is 4. The molecule has 2 aliphatic heterocycles. The Kier molecular flexibility index (Phi) is 5.47. The third kappa shape index (κ3) is 3.84. The second-order valence-electron chi connectivity index (χ2n) is 8.97. The maximum atomic E-state index is 13.5. The lowest BCUT2D eigenvalue weighted by Crippen LogP contribution is -2.45. The molecule has 0 spiro atoms. The SMILES string of the molecule is Cc1ccc(-c2ccccc2)cc1N1C(=O)Nc2c(C(=O)NC3CCCNC3)sc3nccc1c23. The zero-order valence-corrected chi connectivity index (χ0v) is 20.1. The van der Waals surface area contributed by atoms with Gasteiger partial charge in [0, 0.05) is 18.8 Å². The number of benzene rings is 2. The van der Waals surface area contributed by atoms with Gasteiger partial charge in [-0.25, -0.2) is 9.78 Å². The lowest BCUT2D eigenvalue weighted by atomic mass is 10.0. The summed E-state index contributed by atoms with van der Waals surface area (Å²) in [7, 11) is 0. The van der Waals surface area contributed by atoms with Gasteiger partial charge in [-0.1, -0.05) is 42.5 Å². The first-order valence-corrected chi connectivity index (χ1v) is 12.6. The van der Waals surface area contributed by atoms with E-state index in [9.17, 15) is 9.59 Å². The molecular weight excluding hydrogens is 458 g/mol. The molecule has 4 heterocycles. The van der Waals surface area contributed by atoms with Crippen molar-refractivity contribution >= 4 is 50.6 Å². The number of nitrogens with zero attached hydrogens (tertiary/aromatic N) is 2. The van der Waals surface area contributed by atoms with Gasteiger partial charge in [-0.3, -0.25) is 9.69 Å². The Balaban J connectivity index is 1.42. The maximum Gasteiger partial charge on any atom is 0.331 e. The van der Waals surface area contributed by atoms with E-state index >= 15 is 0 Å². The number of urea groups is 1. The van der Waals surface area contributed by atoms with E-state index in [1.807, 2.05) is 43.3 Å². The minimum Gasteiger partial charge on any atom is -0.347 e. The fourth-order valence-electron chi connectivity index (χ4n) is 4.87. The average molecular weight is 484 g/mol. The van der Waals surface area contributed by atoms with Crippen LogP contribution < -0.4 is 20.9 Å². The molecule has 35 heavy (non-hydrogen) atoms. The molecule has 0 bridgehead atoms.